The van der Waals surface area contributed by atoms with Gasteiger partial charge in [0.1, 0.15) is 17.3 Å². The molecule has 0 fully saturated rings. The molecule has 152 valence electrons. The number of carbonyl (C=O) groups is 2. The minimum absolute atomic E-state index is 0.0727. The maximum atomic E-state index is 12.9. The molecule has 0 bridgehead atoms. The summed E-state index contributed by atoms with van der Waals surface area (Å²) in [5.41, 5.74) is 2.20. The topological polar surface area (TPSA) is 83.6 Å². The summed E-state index contributed by atoms with van der Waals surface area (Å²) in [6, 6.07) is 12.5. The lowest BCUT2D eigenvalue weighted by Crippen LogP contribution is -2.40. The molecule has 6 nitrogen and oxygen atoms in total. The number of hydrogen-bond donors (Lipinski definition) is 1. The van der Waals surface area contributed by atoms with Gasteiger partial charge in [0.2, 0.25) is 5.91 Å². The van der Waals surface area contributed by atoms with Gasteiger partial charge >= 0.3 is 0 Å². The van der Waals surface area contributed by atoms with Crippen LogP contribution < -0.4 is 5.32 Å². The number of nitrogens with one attached hydrogen (secondary N) is 1. The SMILES string of the molecule is CCc1ccc(C2=C(C)C(=O)N(CC(=O)NCc3ccc(F)cc3)S2(=O)=O)cc1. The van der Waals surface area contributed by atoms with Crippen molar-refractivity contribution >= 4 is 26.7 Å². The Morgan fingerprint density at radius 3 is 2.21 bits per heavy atom. The summed E-state index contributed by atoms with van der Waals surface area (Å²) in [6.45, 7) is 2.91. The standard InChI is InChI=1S/C21H21FN2O4S/c1-3-15-4-8-17(9-5-15)20-14(2)21(26)24(29(20,27)28)13-19(25)23-12-16-6-10-18(22)11-7-16/h4-11H,3,12-13H2,1-2H3,(H,23,25). The molecule has 0 spiro atoms. The third-order valence-corrected chi connectivity index (χ3v) is 6.68. The van der Waals surface area contributed by atoms with Crippen molar-refractivity contribution in [2.24, 2.45) is 0 Å². The summed E-state index contributed by atoms with van der Waals surface area (Å²) in [7, 11) is -4.13. The summed E-state index contributed by atoms with van der Waals surface area (Å²) >= 11 is 0. The zero-order valence-electron chi connectivity index (χ0n) is 16.1. The highest BCUT2D eigenvalue weighted by molar-refractivity contribution is 7.99. The van der Waals surface area contributed by atoms with Crippen molar-refractivity contribution in [1.29, 1.82) is 0 Å². The Labute approximate surface area is 169 Å². The maximum absolute atomic E-state index is 12.9. The lowest BCUT2D eigenvalue weighted by atomic mass is 10.1. The fourth-order valence-electron chi connectivity index (χ4n) is 3.10. The van der Waals surface area contributed by atoms with E-state index < -0.39 is 34.2 Å². The summed E-state index contributed by atoms with van der Waals surface area (Å²) < 4.78 is 39.4. The molecule has 1 heterocycles. The van der Waals surface area contributed by atoms with Crippen molar-refractivity contribution in [2.75, 3.05) is 6.54 Å². The van der Waals surface area contributed by atoms with E-state index in [0.717, 1.165) is 12.0 Å². The zero-order valence-corrected chi connectivity index (χ0v) is 16.9. The highest BCUT2D eigenvalue weighted by Crippen LogP contribution is 2.35. The van der Waals surface area contributed by atoms with E-state index in [9.17, 15) is 22.4 Å². The van der Waals surface area contributed by atoms with E-state index in [1.165, 1.54) is 31.2 Å². The molecule has 2 amide bonds. The van der Waals surface area contributed by atoms with Crippen molar-refractivity contribution < 1.29 is 22.4 Å². The molecule has 1 aliphatic heterocycles. The molecular formula is C21H21FN2O4S. The van der Waals surface area contributed by atoms with E-state index in [1.807, 2.05) is 19.1 Å². The van der Waals surface area contributed by atoms with Crippen LogP contribution in [0.2, 0.25) is 0 Å². The quantitative estimate of drug-likeness (QED) is 0.785. The van der Waals surface area contributed by atoms with Gasteiger partial charge in [-0.3, -0.25) is 9.59 Å². The Morgan fingerprint density at radius 1 is 1.03 bits per heavy atom. The second kappa shape index (κ2) is 8.16. The number of aryl methyl sites for hydroxylation is 1. The van der Waals surface area contributed by atoms with E-state index >= 15 is 0 Å². The van der Waals surface area contributed by atoms with E-state index in [-0.39, 0.29) is 17.0 Å². The van der Waals surface area contributed by atoms with Crippen LogP contribution in [-0.4, -0.2) is 31.1 Å². The van der Waals surface area contributed by atoms with Crippen molar-refractivity contribution in [2.45, 2.75) is 26.8 Å². The zero-order chi connectivity index (χ0) is 21.2. The van der Waals surface area contributed by atoms with E-state index in [2.05, 4.69) is 5.32 Å². The first-order valence-electron chi connectivity index (χ1n) is 9.12. The average Bonchev–Trinajstić information content (AvgIpc) is 2.87. The van der Waals surface area contributed by atoms with Gasteiger partial charge in [0.15, 0.2) is 0 Å². The summed E-state index contributed by atoms with van der Waals surface area (Å²) in [6.07, 6.45) is 0.810. The second-order valence-electron chi connectivity index (χ2n) is 6.72. The van der Waals surface area contributed by atoms with Gasteiger partial charge in [-0.2, -0.15) is 0 Å². The monoisotopic (exact) mass is 416 g/mol. The molecule has 29 heavy (non-hydrogen) atoms. The Kier molecular flexibility index (Phi) is 5.83. The molecule has 0 atom stereocenters. The van der Waals surface area contributed by atoms with Crippen molar-refractivity contribution in [3.8, 4) is 0 Å². The molecule has 2 aromatic carbocycles. The number of carbonyl (C=O) groups excluding carboxylic acids is 2. The van der Waals surface area contributed by atoms with Crippen LogP contribution >= 0.6 is 0 Å². The lowest BCUT2D eigenvalue weighted by Gasteiger charge is -2.16. The van der Waals surface area contributed by atoms with Gasteiger partial charge in [0.25, 0.3) is 15.9 Å². The van der Waals surface area contributed by atoms with Crippen molar-refractivity contribution in [1.82, 2.24) is 9.62 Å². The minimum atomic E-state index is -4.13. The second-order valence-corrected chi connectivity index (χ2v) is 8.52. The van der Waals surface area contributed by atoms with Gasteiger partial charge in [0.05, 0.1) is 0 Å². The van der Waals surface area contributed by atoms with Crippen LogP contribution in [-0.2, 0) is 32.6 Å². The Hall–Kier alpha value is -3.00. The molecular weight excluding hydrogens is 395 g/mol. The Balaban J connectivity index is 1.74. The molecule has 0 radical (unpaired) electrons. The number of rotatable bonds is 6. The summed E-state index contributed by atoms with van der Waals surface area (Å²) in [4.78, 5) is 24.7. The van der Waals surface area contributed by atoms with Crippen molar-refractivity contribution in [3.05, 3.63) is 76.6 Å². The predicted molar refractivity (Wildman–Crippen MR) is 107 cm³/mol. The van der Waals surface area contributed by atoms with E-state index in [1.54, 1.807) is 12.1 Å². The number of amides is 2. The highest BCUT2D eigenvalue weighted by Gasteiger charge is 2.43. The summed E-state index contributed by atoms with van der Waals surface area (Å²) in [5.74, 6) is -1.73. The minimum Gasteiger partial charge on any atom is -0.350 e. The molecule has 1 N–H and O–H groups in total. The number of nitrogens with zero attached hydrogens (tertiary/aromatic N) is 1. The third kappa shape index (κ3) is 4.22. The van der Waals surface area contributed by atoms with Gasteiger partial charge in [-0.1, -0.05) is 43.3 Å². The molecule has 1 aliphatic rings. The first-order chi connectivity index (χ1) is 13.7. The normalized spacial score (nSPS) is 15.7. The van der Waals surface area contributed by atoms with Crippen LogP contribution in [0.25, 0.3) is 4.91 Å². The van der Waals surface area contributed by atoms with Gasteiger partial charge in [-0.15, -0.1) is 0 Å². The molecule has 0 aromatic heterocycles. The van der Waals surface area contributed by atoms with E-state index in [0.29, 0.717) is 15.4 Å². The molecule has 0 unspecified atom stereocenters. The largest absolute Gasteiger partial charge is 0.350 e. The van der Waals surface area contributed by atoms with Crippen LogP contribution in [0.4, 0.5) is 4.39 Å². The van der Waals surface area contributed by atoms with Crippen LogP contribution in [0.3, 0.4) is 0 Å². The van der Waals surface area contributed by atoms with Crippen LogP contribution in [0.15, 0.2) is 54.1 Å². The maximum Gasteiger partial charge on any atom is 0.268 e. The summed E-state index contributed by atoms with van der Waals surface area (Å²) in [5, 5.41) is 2.55. The van der Waals surface area contributed by atoms with Crippen molar-refractivity contribution in [3.63, 3.8) is 0 Å². The molecule has 3 rings (SSSR count). The van der Waals surface area contributed by atoms with E-state index in [4.69, 9.17) is 0 Å². The fourth-order valence-corrected chi connectivity index (χ4v) is 4.87. The van der Waals surface area contributed by atoms with Crippen LogP contribution in [0, 0.1) is 5.82 Å². The van der Waals surface area contributed by atoms with Gasteiger partial charge in [0, 0.05) is 12.1 Å². The molecule has 8 heteroatoms. The smallest absolute Gasteiger partial charge is 0.268 e. The first kappa shape index (κ1) is 20.7. The number of benzene rings is 2. The fraction of sp³-hybridized carbons (Fsp3) is 0.238. The highest BCUT2D eigenvalue weighted by atomic mass is 32.2. The van der Waals surface area contributed by atoms with Crippen LogP contribution in [0.1, 0.15) is 30.5 Å². The lowest BCUT2D eigenvalue weighted by molar-refractivity contribution is -0.128. The third-order valence-electron chi connectivity index (χ3n) is 4.75. The van der Waals surface area contributed by atoms with Crippen LogP contribution in [0.5, 0.6) is 0 Å². The molecule has 0 saturated heterocycles. The predicted octanol–water partition coefficient (Wildman–Crippen LogP) is 2.61. The number of halogens is 1. The van der Waals surface area contributed by atoms with Gasteiger partial charge < -0.3 is 5.32 Å². The average molecular weight is 416 g/mol. The van der Waals surface area contributed by atoms with Gasteiger partial charge in [-0.25, -0.2) is 17.1 Å². The molecule has 0 saturated carbocycles. The number of sulfonamides is 1. The first-order valence-corrected chi connectivity index (χ1v) is 10.6. The number of hydrogen-bond acceptors (Lipinski definition) is 4. The Morgan fingerprint density at radius 2 is 1.62 bits per heavy atom. The molecule has 2 aromatic rings. The molecule has 0 aliphatic carbocycles. The Bertz CT molecular complexity index is 1070. The van der Waals surface area contributed by atoms with Gasteiger partial charge in [-0.05, 0) is 42.2 Å².